The van der Waals surface area contributed by atoms with E-state index in [0.717, 1.165) is 23.3 Å². The molecule has 1 saturated heterocycles. The van der Waals surface area contributed by atoms with Gasteiger partial charge in [0, 0.05) is 0 Å². The molecule has 1 aliphatic rings. The summed E-state index contributed by atoms with van der Waals surface area (Å²) in [7, 11) is 0. The molecule has 5 nitrogen and oxygen atoms in total. The Morgan fingerprint density at radius 1 is 1.04 bits per heavy atom. The first-order valence-corrected chi connectivity index (χ1v) is 9.17. The van der Waals surface area contributed by atoms with E-state index in [0.29, 0.717) is 12.3 Å². The van der Waals surface area contributed by atoms with Crippen LogP contribution in [0.1, 0.15) is 25.0 Å². The summed E-state index contributed by atoms with van der Waals surface area (Å²) in [5.41, 5.74) is 2.54. The van der Waals surface area contributed by atoms with Crippen LogP contribution in [0.15, 0.2) is 54.1 Å². The highest BCUT2D eigenvalue weighted by Crippen LogP contribution is 2.23. The zero-order chi connectivity index (χ0) is 19.4. The first-order chi connectivity index (χ1) is 13.0. The highest BCUT2D eigenvalue weighted by atomic mass is 32.1. The molecule has 2 aromatic carbocycles. The summed E-state index contributed by atoms with van der Waals surface area (Å²) in [5.74, 6) is -0.208. The molecule has 6 heteroatoms. The standard InChI is InChI=1S/C21H20N2O3S/c1-3-14-5-9-16(10-6-14)23-20(25)18(19(24)22-21(23)27)13-15-7-11-17(12-8-15)26-4-2/h5-13H,3-4H2,1-2H3,(H,22,24,27)/b18-13+. The number of carbonyl (C=O) groups is 2. The molecule has 1 fully saturated rings. The van der Waals surface area contributed by atoms with Crippen LogP contribution in [-0.4, -0.2) is 23.5 Å². The fourth-order valence-electron chi connectivity index (χ4n) is 2.77. The molecule has 0 spiro atoms. The lowest BCUT2D eigenvalue weighted by Crippen LogP contribution is -2.54. The Morgan fingerprint density at radius 2 is 1.70 bits per heavy atom. The van der Waals surface area contributed by atoms with Crippen molar-refractivity contribution in [2.24, 2.45) is 0 Å². The average molecular weight is 380 g/mol. The lowest BCUT2D eigenvalue weighted by atomic mass is 10.1. The second-order valence-electron chi connectivity index (χ2n) is 5.98. The van der Waals surface area contributed by atoms with Crippen LogP contribution >= 0.6 is 12.2 Å². The Bertz CT molecular complexity index is 902. The summed E-state index contributed by atoms with van der Waals surface area (Å²) in [6.07, 6.45) is 2.46. The third-order valence-electron chi connectivity index (χ3n) is 4.21. The molecule has 0 bridgehead atoms. The van der Waals surface area contributed by atoms with Crippen molar-refractivity contribution in [3.8, 4) is 5.75 Å². The molecule has 0 aliphatic carbocycles. The van der Waals surface area contributed by atoms with Gasteiger partial charge in [0.05, 0.1) is 12.3 Å². The van der Waals surface area contributed by atoms with Gasteiger partial charge in [-0.1, -0.05) is 31.2 Å². The van der Waals surface area contributed by atoms with Gasteiger partial charge in [-0.05, 0) is 67.0 Å². The second kappa shape index (κ2) is 8.14. The van der Waals surface area contributed by atoms with Crippen molar-refractivity contribution in [1.29, 1.82) is 0 Å². The predicted octanol–water partition coefficient (Wildman–Crippen LogP) is 3.48. The molecule has 0 aromatic heterocycles. The summed E-state index contributed by atoms with van der Waals surface area (Å²) in [6, 6.07) is 14.7. The minimum Gasteiger partial charge on any atom is -0.494 e. The number of carbonyl (C=O) groups excluding carboxylic acids is 2. The van der Waals surface area contributed by atoms with E-state index in [1.807, 2.05) is 31.2 Å². The fraction of sp³-hybridized carbons (Fsp3) is 0.190. The van der Waals surface area contributed by atoms with E-state index in [1.54, 1.807) is 30.3 Å². The van der Waals surface area contributed by atoms with Crippen LogP contribution in [0.5, 0.6) is 5.75 Å². The Morgan fingerprint density at radius 3 is 2.30 bits per heavy atom. The number of nitrogens with one attached hydrogen (secondary N) is 1. The zero-order valence-corrected chi connectivity index (χ0v) is 16.0. The van der Waals surface area contributed by atoms with Gasteiger partial charge in [-0.3, -0.25) is 19.8 Å². The molecular weight excluding hydrogens is 360 g/mol. The van der Waals surface area contributed by atoms with Crippen molar-refractivity contribution in [2.45, 2.75) is 20.3 Å². The molecule has 2 amide bonds. The molecule has 0 atom stereocenters. The van der Waals surface area contributed by atoms with Gasteiger partial charge in [-0.25, -0.2) is 0 Å². The molecule has 27 heavy (non-hydrogen) atoms. The fourth-order valence-corrected chi connectivity index (χ4v) is 3.05. The van der Waals surface area contributed by atoms with E-state index in [9.17, 15) is 9.59 Å². The smallest absolute Gasteiger partial charge is 0.270 e. The number of hydrogen-bond acceptors (Lipinski definition) is 4. The minimum absolute atomic E-state index is 0.0346. The van der Waals surface area contributed by atoms with Crippen molar-refractivity contribution in [3.05, 3.63) is 65.2 Å². The Balaban J connectivity index is 1.91. The molecule has 3 rings (SSSR count). The van der Waals surface area contributed by atoms with E-state index in [1.165, 1.54) is 4.90 Å². The molecule has 1 N–H and O–H groups in total. The van der Waals surface area contributed by atoms with Gasteiger partial charge in [-0.2, -0.15) is 0 Å². The summed E-state index contributed by atoms with van der Waals surface area (Å²) in [4.78, 5) is 26.6. The van der Waals surface area contributed by atoms with Crippen molar-refractivity contribution in [3.63, 3.8) is 0 Å². The third kappa shape index (κ3) is 4.06. The topological polar surface area (TPSA) is 58.6 Å². The van der Waals surface area contributed by atoms with Gasteiger partial charge in [0.2, 0.25) is 0 Å². The van der Waals surface area contributed by atoms with Gasteiger partial charge < -0.3 is 4.74 Å². The number of rotatable bonds is 5. The number of hydrogen-bond donors (Lipinski definition) is 1. The van der Waals surface area contributed by atoms with E-state index in [2.05, 4.69) is 12.2 Å². The molecule has 1 aliphatic heterocycles. The predicted molar refractivity (Wildman–Crippen MR) is 110 cm³/mol. The first kappa shape index (κ1) is 18.8. The van der Waals surface area contributed by atoms with E-state index in [4.69, 9.17) is 17.0 Å². The van der Waals surface area contributed by atoms with Crippen LogP contribution in [0, 0.1) is 0 Å². The van der Waals surface area contributed by atoms with E-state index in [-0.39, 0.29) is 10.7 Å². The molecule has 138 valence electrons. The first-order valence-electron chi connectivity index (χ1n) is 8.76. The summed E-state index contributed by atoms with van der Waals surface area (Å²) in [5, 5.41) is 2.68. The van der Waals surface area contributed by atoms with Gasteiger partial charge in [0.15, 0.2) is 5.11 Å². The monoisotopic (exact) mass is 380 g/mol. The summed E-state index contributed by atoms with van der Waals surface area (Å²) in [6.45, 7) is 4.54. The normalized spacial score (nSPS) is 15.9. The van der Waals surface area contributed by atoms with Gasteiger partial charge in [0.25, 0.3) is 11.8 Å². The lowest BCUT2D eigenvalue weighted by molar-refractivity contribution is -0.122. The number of amides is 2. The van der Waals surface area contributed by atoms with Crippen LogP contribution in [-0.2, 0) is 16.0 Å². The number of ether oxygens (including phenoxy) is 1. The average Bonchev–Trinajstić information content (AvgIpc) is 2.67. The number of anilines is 1. The molecular formula is C21H20N2O3S. The largest absolute Gasteiger partial charge is 0.494 e. The van der Waals surface area contributed by atoms with Crippen LogP contribution in [0.2, 0.25) is 0 Å². The van der Waals surface area contributed by atoms with E-state index < -0.39 is 11.8 Å². The molecule has 0 radical (unpaired) electrons. The maximum Gasteiger partial charge on any atom is 0.270 e. The summed E-state index contributed by atoms with van der Waals surface area (Å²) >= 11 is 5.22. The quantitative estimate of drug-likeness (QED) is 0.490. The second-order valence-corrected chi connectivity index (χ2v) is 6.37. The Kier molecular flexibility index (Phi) is 5.66. The number of thiocarbonyl (C=S) groups is 1. The molecule has 0 unspecified atom stereocenters. The summed E-state index contributed by atoms with van der Waals surface area (Å²) < 4.78 is 5.41. The lowest BCUT2D eigenvalue weighted by Gasteiger charge is -2.29. The van der Waals surface area contributed by atoms with Crippen molar-refractivity contribution < 1.29 is 14.3 Å². The van der Waals surface area contributed by atoms with Crippen molar-refractivity contribution in [2.75, 3.05) is 11.5 Å². The maximum atomic E-state index is 13.0. The van der Waals surface area contributed by atoms with Gasteiger partial charge in [0.1, 0.15) is 11.3 Å². The molecule has 1 heterocycles. The van der Waals surface area contributed by atoms with Crippen molar-refractivity contribution >= 4 is 40.9 Å². The van der Waals surface area contributed by atoms with Gasteiger partial charge >= 0.3 is 0 Å². The highest BCUT2D eigenvalue weighted by Gasteiger charge is 2.34. The Labute approximate surface area is 163 Å². The zero-order valence-electron chi connectivity index (χ0n) is 15.2. The van der Waals surface area contributed by atoms with Crippen LogP contribution in [0.25, 0.3) is 6.08 Å². The number of aryl methyl sites for hydroxylation is 1. The minimum atomic E-state index is -0.500. The SMILES string of the molecule is CCOc1ccc(/C=C2\C(=O)NC(=S)N(c3ccc(CC)cc3)C2=O)cc1. The molecule has 2 aromatic rings. The third-order valence-corrected chi connectivity index (χ3v) is 4.49. The van der Waals surface area contributed by atoms with E-state index >= 15 is 0 Å². The van der Waals surface area contributed by atoms with Crippen LogP contribution in [0.4, 0.5) is 5.69 Å². The van der Waals surface area contributed by atoms with Crippen LogP contribution < -0.4 is 15.0 Å². The van der Waals surface area contributed by atoms with Crippen LogP contribution in [0.3, 0.4) is 0 Å². The Hall–Kier alpha value is -2.99. The number of benzene rings is 2. The van der Waals surface area contributed by atoms with Gasteiger partial charge in [-0.15, -0.1) is 0 Å². The van der Waals surface area contributed by atoms with Crippen molar-refractivity contribution in [1.82, 2.24) is 5.32 Å². The highest BCUT2D eigenvalue weighted by molar-refractivity contribution is 7.80. The molecule has 0 saturated carbocycles. The maximum absolute atomic E-state index is 13.0. The number of nitrogens with zero attached hydrogens (tertiary/aromatic N) is 1.